The molecule has 0 bridgehead atoms. The molecular formula is C13H18ClN3O2. The third-order valence-corrected chi connectivity index (χ3v) is 2.97. The Morgan fingerprint density at radius 2 is 2.21 bits per heavy atom. The van der Waals surface area contributed by atoms with Gasteiger partial charge in [-0.15, -0.1) is 0 Å². The van der Waals surface area contributed by atoms with Crippen LogP contribution in [-0.4, -0.2) is 17.0 Å². The predicted octanol–water partition coefficient (Wildman–Crippen LogP) is 2.95. The molecule has 19 heavy (non-hydrogen) atoms. The number of rotatable bonds is 6. The van der Waals surface area contributed by atoms with Crippen molar-refractivity contribution < 1.29 is 10.0 Å². The number of carbonyl (C=O) groups excluding carboxylic acids is 1. The first kappa shape index (κ1) is 15.3. The maximum atomic E-state index is 11.7. The molecule has 1 aromatic carbocycles. The first-order chi connectivity index (χ1) is 9.08. The van der Waals surface area contributed by atoms with E-state index in [1.54, 1.807) is 12.1 Å². The number of halogens is 1. The van der Waals surface area contributed by atoms with E-state index in [-0.39, 0.29) is 11.7 Å². The van der Waals surface area contributed by atoms with Crippen LogP contribution in [0.1, 0.15) is 38.2 Å². The second-order valence-electron chi connectivity index (χ2n) is 4.19. The van der Waals surface area contributed by atoms with E-state index in [0.717, 1.165) is 19.3 Å². The van der Waals surface area contributed by atoms with Crippen LogP contribution in [0.4, 0.5) is 5.69 Å². The highest BCUT2D eigenvalue weighted by molar-refractivity contribution is 6.34. The number of carbonyl (C=O) groups is 1. The summed E-state index contributed by atoms with van der Waals surface area (Å²) < 4.78 is 0. The number of benzene rings is 1. The third kappa shape index (κ3) is 4.79. The second kappa shape index (κ2) is 7.63. The van der Waals surface area contributed by atoms with Gasteiger partial charge in [0.2, 0.25) is 5.91 Å². The number of anilines is 1. The molecule has 0 aliphatic carbocycles. The first-order valence-corrected chi connectivity index (χ1v) is 6.53. The molecule has 0 heterocycles. The number of hydrogen-bond donors (Lipinski definition) is 3. The fourth-order valence-corrected chi connectivity index (χ4v) is 1.81. The van der Waals surface area contributed by atoms with Gasteiger partial charge in [0.1, 0.15) is 0 Å². The van der Waals surface area contributed by atoms with Crippen LogP contribution in [0.3, 0.4) is 0 Å². The molecule has 1 rings (SSSR count). The van der Waals surface area contributed by atoms with E-state index in [1.807, 2.05) is 0 Å². The van der Waals surface area contributed by atoms with Crippen molar-refractivity contribution in [3.05, 3.63) is 28.8 Å². The zero-order valence-electron chi connectivity index (χ0n) is 10.8. The van der Waals surface area contributed by atoms with Gasteiger partial charge in [0, 0.05) is 12.0 Å². The van der Waals surface area contributed by atoms with Gasteiger partial charge < -0.3 is 16.3 Å². The van der Waals surface area contributed by atoms with Gasteiger partial charge in [-0.25, -0.2) is 0 Å². The lowest BCUT2D eigenvalue weighted by Gasteiger charge is -2.08. The number of amides is 1. The van der Waals surface area contributed by atoms with Gasteiger partial charge in [0.15, 0.2) is 5.84 Å². The van der Waals surface area contributed by atoms with Crippen LogP contribution < -0.4 is 11.1 Å². The van der Waals surface area contributed by atoms with Crippen molar-refractivity contribution in [2.24, 2.45) is 10.9 Å². The molecule has 4 N–H and O–H groups in total. The maximum absolute atomic E-state index is 11.7. The van der Waals surface area contributed by atoms with Crippen molar-refractivity contribution in [1.82, 2.24) is 0 Å². The molecule has 0 aliphatic rings. The summed E-state index contributed by atoms with van der Waals surface area (Å²) in [6.07, 6.45) is 3.44. The third-order valence-electron chi connectivity index (χ3n) is 2.65. The molecule has 6 heteroatoms. The van der Waals surface area contributed by atoms with E-state index in [2.05, 4.69) is 17.4 Å². The molecule has 0 radical (unpaired) electrons. The summed E-state index contributed by atoms with van der Waals surface area (Å²) in [7, 11) is 0. The molecule has 0 spiro atoms. The molecule has 1 aromatic rings. The Labute approximate surface area is 117 Å². The van der Waals surface area contributed by atoms with E-state index in [0.29, 0.717) is 22.7 Å². The minimum absolute atomic E-state index is 0.0253. The number of hydrogen-bond acceptors (Lipinski definition) is 3. The van der Waals surface area contributed by atoms with Crippen molar-refractivity contribution in [3.8, 4) is 0 Å². The summed E-state index contributed by atoms with van der Waals surface area (Å²) in [6.45, 7) is 2.08. The fraction of sp³-hybridized carbons (Fsp3) is 0.385. The number of oxime groups is 1. The summed E-state index contributed by atoms with van der Waals surface area (Å²) in [5, 5.41) is 14.5. The van der Waals surface area contributed by atoms with Gasteiger partial charge in [0.25, 0.3) is 0 Å². The van der Waals surface area contributed by atoms with Gasteiger partial charge >= 0.3 is 0 Å². The minimum Gasteiger partial charge on any atom is -0.409 e. The lowest BCUT2D eigenvalue weighted by Crippen LogP contribution is -2.14. The number of nitrogens with zero attached hydrogens (tertiary/aromatic N) is 1. The minimum atomic E-state index is -0.0631. The summed E-state index contributed by atoms with van der Waals surface area (Å²) in [5.74, 6) is -0.0883. The second-order valence-corrected chi connectivity index (χ2v) is 4.59. The maximum Gasteiger partial charge on any atom is 0.224 e. The summed E-state index contributed by atoms with van der Waals surface area (Å²) in [5.41, 5.74) is 6.47. The van der Waals surface area contributed by atoms with Crippen LogP contribution in [0.15, 0.2) is 23.4 Å². The Balaban J connectivity index is 2.67. The normalized spacial score (nSPS) is 11.4. The highest BCUT2D eigenvalue weighted by Crippen LogP contribution is 2.23. The Kier molecular flexibility index (Phi) is 6.15. The molecule has 0 saturated heterocycles. The zero-order valence-corrected chi connectivity index (χ0v) is 11.6. The molecule has 1 amide bonds. The smallest absolute Gasteiger partial charge is 0.224 e. The highest BCUT2D eigenvalue weighted by Gasteiger charge is 2.08. The molecule has 0 unspecified atom stereocenters. The lowest BCUT2D eigenvalue weighted by atomic mass is 10.1. The van der Waals surface area contributed by atoms with Gasteiger partial charge in [-0.3, -0.25) is 4.79 Å². The van der Waals surface area contributed by atoms with Crippen LogP contribution in [0.2, 0.25) is 5.02 Å². The van der Waals surface area contributed by atoms with Crippen LogP contribution >= 0.6 is 11.6 Å². The number of nitrogens with one attached hydrogen (secondary N) is 1. The summed E-state index contributed by atoms with van der Waals surface area (Å²) in [6, 6.07) is 4.80. The zero-order chi connectivity index (χ0) is 14.3. The Morgan fingerprint density at radius 3 is 2.79 bits per heavy atom. The van der Waals surface area contributed by atoms with Gasteiger partial charge in [-0.2, -0.15) is 0 Å². The van der Waals surface area contributed by atoms with E-state index >= 15 is 0 Å². The Hall–Kier alpha value is -1.75. The molecule has 0 aliphatic heterocycles. The van der Waals surface area contributed by atoms with E-state index in [4.69, 9.17) is 22.5 Å². The van der Waals surface area contributed by atoms with Crippen LogP contribution in [0, 0.1) is 0 Å². The topological polar surface area (TPSA) is 87.7 Å². The van der Waals surface area contributed by atoms with Gasteiger partial charge in [-0.05, 0) is 24.6 Å². The Bertz CT molecular complexity index is 475. The number of unbranched alkanes of at least 4 members (excludes halogenated alkanes) is 2. The highest BCUT2D eigenvalue weighted by atomic mass is 35.5. The monoisotopic (exact) mass is 283 g/mol. The van der Waals surface area contributed by atoms with E-state index in [9.17, 15) is 4.79 Å². The molecule has 5 nitrogen and oxygen atoms in total. The molecule has 0 atom stereocenters. The van der Waals surface area contributed by atoms with Crippen molar-refractivity contribution in [2.45, 2.75) is 32.6 Å². The quantitative estimate of drug-likeness (QED) is 0.247. The van der Waals surface area contributed by atoms with E-state index in [1.165, 1.54) is 6.07 Å². The SMILES string of the molecule is CCCCCC(=O)Nc1ccc(/C(N)=N/O)cc1Cl. The number of nitrogens with two attached hydrogens (primary N) is 1. The largest absolute Gasteiger partial charge is 0.409 e. The van der Waals surface area contributed by atoms with Crippen molar-refractivity contribution in [3.63, 3.8) is 0 Å². The molecular weight excluding hydrogens is 266 g/mol. The molecule has 0 fully saturated rings. The Morgan fingerprint density at radius 1 is 1.47 bits per heavy atom. The molecule has 0 aromatic heterocycles. The standard InChI is InChI=1S/C13H18ClN3O2/c1-2-3-4-5-12(18)16-11-7-6-9(8-10(11)14)13(15)17-19/h6-8,19H,2-5H2,1H3,(H2,15,17)(H,16,18). The first-order valence-electron chi connectivity index (χ1n) is 6.15. The van der Waals surface area contributed by atoms with Gasteiger partial charge in [-0.1, -0.05) is 36.5 Å². The average molecular weight is 284 g/mol. The van der Waals surface area contributed by atoms with E-state index < -0.39 is 0 Å². The summed E-state index contributed by atoms with van der Waals surface area (Å²) in [4.78, 5) is 11.7. The summed E-state index contributed by atoms with van der Waals surface area (Å²) >= 11 is 6.03. The van der Waals surface area contributed by atoms with Crippen LogP contribution in [0.25, 0.3) is 0 Å². The lowest BCUT2D eigenvalue weighted by molar-refractivity contribution is -0.116. The fourth-order valence-electron chi connectivity index (χ4n) is 1.58. The molecule has 0 saturated carbocycles. The van der Waals surface area contributed by atoms with Crippen molar-refractivity contribution >= 4 is 29.0 Å². The number of amidine groups is 1. The van der Waals surface area contributed by atoms with Gasteiger partial charge in [0.05, 0.1) is 10.7 Å². The van der Waals surface area contributed by atoms with Crippen molar-refractivity contribution in [2.75, 3.05) is 5.32 Å². The molecule has 104 valence electrons. The van der Waals surface area contributed by atoms with Crippen LogP contribution in [-0.2, 0) is 4.79 Å². The average Bonchev–Trinajstić information content (AvgIpc) is 2.40. The van der Waals surface area contributed by atoms with Crippen molar-refractivity contribution in [1.29, 1.82) is 0 Å². The predicted molar refractivity (Wildman–Crippen MR) is 76.7 cm³/mol. The van der Waals surface area contributed by atoms with Crippen LogP contribution in [0.5, 0.6) is 0 Å².